The normalized spacial score (nSPS) is 14.0. The van der Waals surface area contributed by atoms with Crippen molar-refractivity contribution in [2.24, 2.45) is 0 Å². The van der Waals surface area contributed by atoms with Gasteiger partial charge in [0.25, 0.3) is 6.29 Å². The van der Waals surface area contributed by atoms with E-state index in [1.807, 2.05) is 21.1 Å². The van der Waals surface area contributed by atoms with Crippen LogP contribution in [0.15, 0.2) is 194 Å². The van der Waals surface area contributed by atoms with Crippen molar-refractivity contribution < 1.29 is 42.9 Å². The molecule has 85 heavy (non-hydrogen) atoms. The molecule has 0 radical (unpaired) electrons. The fraction of sp³-hybridized carbons (Fsp3) is 0.539. The molecule has 0 aliphatic heterocycles. The van der Waals surface area contributed by atoms with Crippen LogP contribution in [0.4, 0.5) is 0 Å². The summed E-state index contributed by atoms with van der Waals surface area (Å²) in [7, 11) is 5.94. The minimum Gasteiger partial charge on any atom is -0.477 e. The molecule has 0 aliphatic carbocycles. The predicted molar refractivity (Wildman–Crippen MR) is 363 cm³/mol. The molecule has 2 unspecified atom stereocenters. The Balaban J connectivity index is 4.32. The molecule has 0 aromatic heterocycles. The molecule has 0 amide bonds. The number of carboxylic acids is 1. The smallest absolute Gasteiger partial charge is 0.361 e. The Bertz CT molecular complexity index is 2090. The van der Waals surface area contributed by atoms with Gasteiger partial charge in [-0.15, -0.1) is 0 Å². The van der Waals surface area contributed by atoms with E-state index in [-0.39, 0.29) is 38.6 Å². The first-order valence-corrected chi connectivity index (χ1v) is 32.6. The van der Waals surface area contributed by atoms with Crippen molar-refractivity contribution in [3.05, 3.63) is 194 Å². The lowest BCUT2D eigenvalue weighted by Gasteiger charge is -2.25. The monoisotopic (exact) mass is 1170 g/mol. The molecule has 0 saturated heterocycles. The first kappa shape index (κ1) is 79.1. The number of unbranched alkanes of at least 4 members (excludes halogenated alkanes) is 10. The first-order valence-electron chi connectivity index (χ1n) is 32.6. The number of likely N-dealkylation sites (N-methyl/N-ethyl adjacent to an activating group) is 1. The molecule has 2 atom stereocenters. The van der Waals surface area contributed by atoms with Crippen LogP contribution in [-0.2, 0) is 33.3 Å². The Labute approximate surface area is 519 Å². The maximum atomic E-state index is 12.9. The second-order valence-corrected chi connectivity index (χ2v) is 22.0. The third-order valence-electron chi connectivity index (χ3n) is 12.8. The van der Waals surface area contributed by atoms with Gasteiger partial charge in [-0.3, -0.25) is 9.59 Å². The van der Waals surface area contributed by atoms with Crippen LogP contribution in [0, 0.1) is 0 Å². The van der Waals surface area contributed by atoms with E-state index in [1.54, 1.807) is 0 Å². The highest BCUT2D eigenvalue weighted by molar-refractivity contribution is 5.71. The lowest BCUT2D eigenvalue weighted by molar-refractivity contribution is -0.870. The second-order valence-electron chi connectivity index (χ2n) is 22.0. The molecule has 0 rings (SSSR count). The maximum Gasteiger partial charge on any atom is 0.361 e. The van der Waals surface area contributed by atoms with E-state index >= 15 is 0 Å². The van der Waals surface area contributed by atoms with E-state index in [2.05, 4.69) is 208 Å². The van der Waals surface area contributed by atoms with Gasteiger partial charge in [0.15, 0.2) is 6.10 Å². The summed E-state index contributed by atoms with van der Waals surface area (Å²) in [4.78, 5) is 37.5. The molecule has 0 bridgehead atoms. The fourth-order valence-corrected chi connectivity index (χ4v) is 7.93. The molecule has 0 spiro atoms. The Morgan fingerprint density at radius 2 is 0.635 bits per heavy atom. The number of nitrogens with zero attached hydrogens (tertiary/aromatic N) is 1. The van der Waals surface area contributed by atoms with Crippen molar-refractivity contribution in [2.45, 2.75) is 219 Å². The second kappa shape index (κ2) is 64.1. The summed E-state index contributed by atoms with van der Waals surface area (Å²) in [5.41, 5.74) is 0. The molecule has 0 aliphatic rings. The summed E-state index contributed by atoms with van der Waals surface area (Å²) in [6.07, 6.45) is 96.6. The van der Waals surface area contributed by atoms with E-state index in [0.29, 0.717) is 23.9 Å². The number of quaternary nitrogens is 1. The van der Waals surface area contributed by atoms with E-state index in [9.17, 15) is 19.5 Å². The van der Waals surface area contributed by atoms with Crippen LogP contribution in [0.1, 0.15) is 206 Å². The number of allylic oxidation sites excluding steroid dienone is 32. The summed E-state index contributed by atoms with van der Waals surface area (Å²) in [5, 5.41) is 9.73. The number of esters is 2. The number of hydrogen-bond acceptors (Lipinski definition) is 7. The van der Waals surface area contributed by atoms with Gasteiger partial charge in [0.05, 0.1) is 34.4 Å². The third kappa shape index (κ3) is 65.5. The highest BCUT2D eigenvalue weighted by Gasteiger charge is 2.25. The van der Waals surface area contributed by atoms with Crippen LogP contribution in [0.2, 0.25) is 0 Å². The van der Waals surface area contributed by atoms with Crippen LogP contribution in [0.25, 0.3) is 0 Å². The summed E-state index contributed by atoms with van der Waals surface area (Å²) >= 11 is 0. The molecule has 0 aromatic rings. The van der Waals surface area contributed by atoms with Crippen molar-refractivity contribution in [1.29, 1.82) is 0 Å². The van der Waals surface area contributed by atoms with Gasteiger partial charge in [-0.2, -0.15) is 0 Å². The largest absolute Gasteiger partial charge is 0.477 e. The molecule has 474 valence electrons. The Hall–Kier alpha value is -5.87. The third-order valence-corrected chi connectivity index (χ3v) is 12.8. The van der Waals surface area contributed by atoms with E-state index in [0.717, 1.165) is 167 Å². The van der Waals surface area contributed by atoms with Crippen molar-refractivity contribution in [1.82, 2.24) is 0 Å². The van der Waals surface area contributed by atoms with Crippen molar-refractivity contribution in [3.8, 4) is 0 Å². The van der Waals surface area contributed by atoms with Gasteiger partial charge in [-0.05, 0) is 141 Å². The molecule has 9 heteroatoms. The van der Waals surface area contributed by atoms with Crippen LogP contribution in [0.5, 0.6) is 0 Å². The van der Waals surface area contributed by atoms with Crippen LogP contribution < -0.4 is 0 Å². The quantitative estimate of drug-likeness (QED) is 0.0211. The zero-order valence-corrected chi connectivity index (χ0v) is 53.9. The number of aliphatic carboxylic acids is 1. The van der Waals surface area contributed by atoms with Crippen LogP contribution in [0.3, 0.4) is 0 Å². The Morgan fingerprint density at radius 3 is 0.941 bits per heavy atom. The number of carboxylic acid groups (broad SMARTS) is 1. The Morgan fingerprint density at radius 1 is 0.353 bits per heavy atom. The number of carbonyl (C=O) groups is 3. The fourth-order valence-electron chi connectivity index (χ4n) is 7.93. The topological polar surface area (TPSA) is 108 Å². The summed E-state index contributed by atoms with van der Waals surface area (Å²) in [5.74, 6) is -2.09. The SMILES string of the molecule is CC/C=C\C/C=C\C/C=C\C/C=C\C/C=C\C/C=C\C/C=C\C/C=C\C/C=C\C/C=C\CCCCCCCCC(=O)OC(COC(=O)CCCCCC/C=C\C/C=C\C/C=C\C/C=C\C/C=C\C/C=C\CC)COC(OCC[N+](C)(C)C)C(=O)O. The van der Waals surface area contributed by atoms with Crippen LogP contribution >= 0.6 is 0 Å². The molecular weight excluding hydrogens is 1050 g/mol. The first-order chi connectivity index (χ1) is 41.6. The van der Waals surface area contributed by atoms with Gasteiger partial charge < -0.3 is 28.5 Å². The van der Waals surface area contributed by atoms with Crippen LogP contribution in [-0.4, -0.2) is 87.4 Å². The van der Waals surface area contributed by atoms with Gasteiger partial charge in [0, 0.05) is 12.8 Å². The maximum absolute atomic E-state index is 12.9. The van der Waals surface area contributed by atoms with Gasteiger partial charge in [0.2, 0.25) is 0 Å². The van der Waals surface area contributed by atoms with E-state index in [4.69, 9.17) is 18.9 Å². The number of ether oxygens (including phenoxy) is 4. The van der Waals surface area contributed by atoms with Gasteiger partial charge in [0.1, 0.15) is 13.2 Å². The summed E-state index contributed by atoms with van der Waals surface area (Å²) < 4.78 is 22.9. The standard InChI is InChI=1S/C76H117NO8/c1-6-8-10-12-14-16-18-20-22-24-26-28-30-31-32-33-34-35-36-37-38-39-40-41-42-43-45-47-49-51-53-55-57-59-61-63-65-67-74(79)85-72(71-84-76(75(80)81)82-69-68-77(3,4)5)70-83-73(78)66-64-62-60-58-56-54-52-50-48-46-44-29-27-25-23-21-19-17-15-13-11-9-7-2/h8-11,14-17,20-23,26-29,31-32,34-35,37-38,40-41,43,45-46,48-49,51-52,54,72,76H,6-7,12-13,18-19,24-25,30,33,36,39,42,44,47,50,53,55-71H2,1-5H3/p+1/b10-8-,11-9-,16-14-,17-15-,22-20-,23-21-,28-26-,29-27-,32-31-,35-34-,38-37-,41-40-,45-43-,48-46-,51-49-,54-52-. The van der Waals surface area contributed by atoms with Crippen molar-refractivity contribution >= 4 is 17.9 Å². The van der Waals surface area contributed by atoms with Crippen molar-refractivity contribution in [2.75, 3.05) is 47.5 Å². The predicted octanol–water partition coefficient (Wildman–Crippen LogP) is 20.2. The lowest BCUT2D eigenvalue weighted by atomic mass is 10.1. The molecule has 1 N–H and O–H groups in total. The average molecular weight is 1170 g/mol. The molecule has 0 heterocycles. The molecule has 0 fully saturated rings. The lowest BCUT2D eigenvalue weighted by Crippen LogP contribution is -2.40. The van der Waals surface area contributed by atoms with Gasteiger partial charge >= 0.3 is 17.9 Å². The molecular formula is C76H118NO8+. The summed E-state index contributed by atoms with van der Waals surface area (Å²) in [6, 6.07) is 0. The Kier molecular flexibility index (Phi) is 59.7. The highest BCUT2D eigenvalue weighted by atomic mass is 16.7. The van der Waals surface area contributed by atoms with Crippen molar-refractivity contribution in [3.63, 3.8) is 0 Å². The molecule has 0 saturated carbocycles. The highest BCUT2D eigenvalue weighted by Crippen LogP contribution is 2.13. The number of rotatable bonds is 57. The minimum absolute atomic E-state index is 0.168. The zero-order valence-electron chi connectivity index (χ0n) is 53.9. The molecule has 0 aromatic carbocycles. The van der Waals surface area contributed by atoms with Gasteiger partial charge in [-0.25, -0.2) is 4.79 Å². The molecule has 9 nitrogen and oxygen atoms in total. The average Bonchev–Trinajstić information content (AvgIpc) is 3.48. The van der Waals surface area contributed by atoms with E-state index in [1.165, 1.54) is 0 Å². The van der Waals surface area contributed by atoms with E-state index < -0.39 is 24.3 Å². The van der Waals surface area contributed by atoms with Gasteiger partial charge in [-0.1, -0.05) is 247 Å². The summed E-state index contributed by atoms with van der Waals surface area (Å²) in [6.45, 7) is 4.56. The number of carbonyl (C=O) groups excluding carboxylic acids is 2. The zero-order chi connectivity index (χ0) is 61.9. The number of hydrogen-bond donors (Lipinski definition) is 1. The minimum atomic E-state index is -1.54.